The van der Waals surface area contributed by atoms with Crippen molar-refractivity contribution in [2.24, 2.45) is 0 Å². The highest BCUT2D eigenvalue weighted by Crippen LogP contribution is 2.18. The van der Waals surface area contributed by atoms with Gasteiger partial charge in [0.1, 0.15) is 5.82 Å². The number of nitrogens with zero attached hydrogens (tertiary/aromatic N) is 8. The van der Waals surface area contributed by atoms with Crippen molar-refractivity contribution in [1.82, 2.24) is 29.9 Å². The van der Waals surface area contributed by atoms with Crippen molar-refractivity contribution >= 4 is 17.7 Å². The van der Waals surface area contributed by atoms with Gasteiger partial charge in [0.05, 0.1) is 25.1 Å². The fourth-order valence-electron chi connectivity index (χ4n) is 3.78. The summed E-state index contributed by atoms with van der Waals surface area (Å²) < 4.78 is 5.41. The van der Waals surface area contributed by atoms with Gasteiger partial charge >= 0.3 is 0 Å². The first kappa shape index (κ1) is 19.4. The van der Waals surface area contributed by atoms with Crippen LogP contribution >= 0.6 is 0 Å². The summed E-state index contributed by atoms with van der Waals surface area (Å²) in [6, 6.07) is 11.5. The summed E-state index contributed by atoms with van der Waals surface area (Å²) in [5, 5.41) is 8.60. The average molecular weight is 420 g/mol. The second-order valence-corrected chi connectivity index (χ2v) is 7.45. The van der Waals surface area contributed by atoms with Gasteiger partial charge in [-0.05, 0) is 18.2 Å². The number of hydrogen-bond acceptors (Lipinski definition) is 8. The molecule has 0 saturated carbocycles. The lowest BCUT2D eigenvalue weighted by atomic mass is 10.3. The maximum absolute atomic E-state index is 12.9. The number of para-hydroxylation sites is 1. The molecule has 1 amide bonds. The third-order valence-electron chi connectivity index (χ3n) is 5.51. The Kier molecular flexibility index (Phi) is 5.44. The van der Waals surface area contributed by atoms with Crippen molar-refractivity contribution < 1.29 is 9.53 Å². The van der Waals surface area contributed by atoms with E-state index >= 15 is 0 Å². The number of carbonyl (C=O) groups excluding carboxylic acids is 1. The summed E-state index contributed by atoms with van der Waals surface area (Å²) in [6.07, 6.45) is 3.33. The SMILES string of the molecule is O=C(c1cnn(-c2ccccc2)n1)N1CCN(c2ccnc(N3CCOCC3)n2)CC1. The fraction of sp³-hybridized carbons (Fsp3) is 0.381. The molecule has 1 aromatic carbocycles. The average Bonchev–Trinajstić information content (AvgIpc) is 3.35. The molecule has 31 heavy (non-hydrogen) atoms. The van der Waals surface area contributed by atoms with Crippen LogP contribution < -0.4 is 9.80 Å². The number of piperazine rings is 1. The van der Waals surface area contributed by atoms with Crippen LogP contribution in [-0.4, -0.2) is 88.3 Å². The van der Waals surface area contributed by atoms with E-state index < -0.39 is 0 Å². The van der Waals surface area contributed by atoms with E-state index in [1.165, 1.54) is 11.0 Å². The number of amides is 1. The minimum absolute atomic E-state index is 0.0986. The number of ether oxygens (including phenoxy) is 1. The van der Waals surface area contributed by atoms with Crippen LogP contribution in [0.5, 0.6) is 0 Å². The predicted molar refractivity (Wildman–Crippen MR) is 115 cm³/mol. The topological polar surface area (TPSA) is 92.5 Å². The molecule has 0 spiro atoms. The van der Waals surface area contributed by atoms with Gasteiger partial charge in [-0.15, -0.1) is 5.10 Å². The molecule has 2 aliphatic heterocycles. The van der Waals surface area contributed by atoms with E-state index in [1.54, 1.807) is 6.20 Å². The van der Waals surface area contributed by atoms with E-state index in [1.807, 2.05) is 41.3 Å². The van der Waals surface area contributed by atoms with Gasteiger partial charge in [0.15, 0.2) is 5.69 Å². The lowest BCUT2D eigenvalue weighted by molar-refractivity contribution is 0.0740. The van der Waals surface area contributed by atoms with Gasteiger partial charge < -0.3 is 19.4 Å². The smallest absolute Gasteiger partial charge is 0.276 e. The van der Waals surface area contributed by atoms with E-state index in [2.05, 4.69) is 25.0 Å². The third kappa shape index (κ3) is 4.19. The molecule has 10 heteroatoms. The van der Waals surface area contributed by atoms with Crippen molar-refractivity contribution in [3.05, 3.63) is 54.5 Å². The molecule has 3 aromatic rings. The molecule has 0 unspecified atom stereocenters. The van der Waals surface area contributed by atoms with Crippen LogP contribution in [0.1, 0.15) is 10.5 Å². The molecule has 160 valence electrons. The monoisotopic (exact) mass is 420 g/mol. The van der Waals surface area contributed by atoms with Gasteiger partial charge in [-0.2, -0.15) is 14.9 Å². The van der Waals surface area contributed by atoms with Crippen LogP contribution in [0.25, 0.3) is 5.69 Å². The highest BCUT2D eigenvalue weighted by molar-refractivity contribution is 5.92. The van der Waals surface area contributed by atoms with Gasteiger partial charge in [-0.1, -0.05) is 18.2 Å². The molecule has 2 saturated heterocycles. The molecule has 2 aromatic heterocycles. The summed E-state index contributed by atoms with van der Waals surface area (Å²) in [4.78, 5) is 29.7. The zero-order chi connectivity index (χ0) is 21.0. The summed E-state index contributed by atoms with van der Waals surface area (Å²) in [6.45, 7) is 5.62. The van der Waals surface area contributed by atoms with Gasteiger partial charge in [-0.3, -0.25) is 4.79 Å². The summed E-state index contributed by atoms with van der Waals surface area (Å²) >= 11 is 0. The van der Waals surface area contributed by atoms with Crippen molar-refractivity contribution in [3.8, 4) is 5.69 Å². The molecule has 0 N–H and O–H groups in total. The fourth-order valence-corrected chi connectivity index (χ4v) is 3.78. The Bertz CT molecular complexity index is 1030. The zero-order valence-corrected chi connectivity index (χ0v) is 17.2. The molecule has 0 atom stereocenters. The molecular weight excluding hydrogens is 396 g/mol. The van der Waals surface area contributed by atoms with Crippen LogP contribution in [0.4, 0.5) is 11.8 Å². The van der Waals surface area contributed by atoms with E-state index in [0.717, 1.165) is 30.5 Å². The van der Waals surface area contributed by atoms with E-state index in [4.69, 9.17) is 9.72 Å². The van der Waals surface area contributed by atoms with Crippen LogP contribution in [-0.2, 0) is 4.74 Å². The number of morpholine rings is 1. The number of aromatic nitrogens is 5. The molecule has 10 nitrogen and oxygen atoms in total. The molecule has 0 aliphatic carbocycles. The van der Waals surface area contributed by atoms with Crippen molar-refractivity contribution in [2.45, 2.75) is 0 Å². The first-order valence-corrected chi connectivity index (χ1v) is 10.5. The number of anilines is 2. The molecular formula is C21H24N8O2. The van der Waals surface area contributed by atoms with Crippen LogP contribution in [0, 0.1) is 0 Å². The Labute approximate surface area is 180 Å². The van der Waals surface area contributed by atoms with Crippen molar-refractivity contribution in [2.75, 3.05) is 62.3 Å². The Hall–Kier alpha value is -3.53. The molecule has 0 bridgehead atoms. The molecule has 0 radical (unpaired) electrons. The zero-order valence-electron chi connectivity index (χ0n) is 17.2. The number of rotatable bonds is 4. The standard InChI is InChI=1S/C21H24N8O2/c30-20(18-16-23-29(25-18)17-4-2-1-3-5-17)27-10-8-26(9-11-27)19-6-7-22-21(24-19)28-12-14-31-15-13-28/h1-7,16H,8-15H2. The minimum atomic E-state index is -0.0986. The van der Waals surface area contributed by atoms with Crippen LogP contribution in [0.15, 0.2) is 48.8 Å². The normalized spacial score (nSPS) is 17.1. The van der Waals surface area contributed by atoms with E-state index in [-0.39, 0.29) is 5.91 Å². The summed E-state index contributed by atoms with van der Waals surface area (Å²) in [5.74, 6) is 1.52. The van der Waals surface area contributed by atoms with Crippen LogP contribution in [0.3, 0.4) is 0 Å². The third-order valence-corrected chi connectivity index (χ3v) is 5.51. The van der Waals surface area contributed by atoms with Gasteiger partial charge in [0, 0.05) is 45.5 Å². The maximum atomic E-state index is 12.9. The number of benzene rings is 1. The van der Waals surface area contributed by atoms with Crippen molar-refractivity contribution in [3.63, 3.8) is 0 Å². The van der Waals surface area contributed by atoms with Gasteiger partial charge in [-0.25, -0.2) is 4.98 Å². The largest absolute Gasteiger partial charge is 0.378 e. The number of carbonyl (C=O) groups is 1. The maximum Gasteiger partial charge on any atom is 0.276 e. The summed E-state index contributed by atoms with van der Waals surface area (Å²) in [5.41, 5.74) is 1.18. The summed E-state index contributed by atoms with van der Waals surface area (Å²) in [7, 11) is 0. The molecule has 2 aliphatic rings. The molecule has 4 heterocycles. The highest BCUT2D eigenvalue weighted by Gasteiger charge is 2.25. The van der Waals surface area contributed by atoms with Gasteiger partial charge in [0.2, 0.25) is 5.95 Å². The minimum Gasteiger partial charge on any atom is -0.378 e. The van der Waals surface area contributed by atoms with Gasteiger partial charge in [0.25, 0.3) is 5.91 Å². The first-order chi connectivity index (χ1) is 15.3. The van der Waals surface area contributed by atoms with Crippen molar-refractivity contribution in [1.29, 1.82) is 0 Å². The number of hydrogen-bond donors (Lipinski definition) is 0. The highest BCUT2D eigenvalue weighted by atomic mass is 16.5. The van der Waals surface area contributed by atoms with E-state index in [0.29, 0.717) is 45.1 Å². The Morgan fingerprint density at radius 2 is 1.68 bits per heavy atom. The Balaban J connectivity index is 1.22. The lowest BCUT2D eigenvalue weighted by Crippen LogP contribution is -2.49. The van der Waals surface area contributed by atoms with Crippen LogP contribution in [0.2, 0.25) is 0 Å². The second-order valence-electron chi connectivity index (χ2n) is 7.45. The first-order valence-electron chi connectivity index (χ1n) is 10.5. The molecule has 5 rings (SSSR count). The lowest BCUT2D eigenvalue weighted by Gasteiger charge is -2.35. The van der Waals surface area contributed by atoms with E-state index in [9.17, 15) is 4.79 Å². The second kappa shape index (κ2) is 8.68. The Morgan fingerprint density at radius 1 is 0.903 bits per heavy atom. The Morgan fingerprint density at radius 3 is 2.45 bits per heavy atom. The molecule has 2 fully saturated rings. The quantitative estimate of drug-likeness (QED) is 0.614. The predicted octanol–water partition coefficient (Wildman–Crippen LogP) is 0.856.